The van der Waals surface area contributed by atoms with Gasteiger partial charge in [0.1, 0.15) is 17.8 Å². The lowest BCUT2D eigenvalue weighted by Gasteiger charge is -2.35. The Morgan fingerprint density at radius 2 is 2.19 bits per heavy atom. The van der Waals surface area contributed by atoms with E-state index in [4.69, 9.17) is 28.8 Å². The molecule has 0 saturated carbocycles. The first-order chi connectivity index (χ1) is 16.9. The first-order valence-electron chi connectivity index (χ1n) is 11.3. The number of rotatable bonds is 9. The van der Waals surface area contributed by atoms with Crippen molar-refractivity contribution in [2.45, 2.75) is 51.7 Å². The number of nitrogen functional groups attached to an aromatic ring is 1. The van der Waals surface area contributed by atoms with Crippen LogP contribution in [0.4, 0.5) is 5.95 Å². The third kappa shape index (κ3) is 5.11. The van der Waals surface area contributed by atoms with Crippen LogP contribution in [0, 0.1) is 5.41 Å². The van der Waals surface area contributed by atoms with E-state index in [-0.39, 0.29) is 48.2 Å². The molecule has 2 aliphatic rings. The van der Waals surface area contributed by atoms with Crippen LogP contribution in [-0.2, 0) is 27.7 Å². The highest BCUT2D eigenvalue weighted by Gasteiger charge is 2.60. The van der Waals surface area contributed by atoms with Gasteiger partial charge >= 0.3 is 7.82 Å². The van der Waals surface area contributed by atoms with E-state index in [1.807, 2.05) is 0 Å². The Labute approximate surface area is 211 Å². The zero-order chi connectivity index (χ0) is 26.3. The standard InChI is InChI=1S/C20H30N5O9PS/c1-5-30-15-12-14(23-18(21)24-15)25(10-22-12)16-20(4,28)13-11(33-16)8-32-35(29,34-13)31-6-7-36-17(27)19(2,3)9-26/h10-11,13,16,26,28H,5-9H2,1-4H3,(H2,21,23,24)/t11-,13-,16-,20-,35-/m1/s1. The molecule has 0 aromatic carbocycles. The molecule has 5 atom stereocenters. The maximum absolute atomic E-state index is 13.1. The van der Waals surface area contributed by atoms with Crippen LogP contribution < -0.4 is 10.5 Å². The molecule has 14 nitrogen and oxygen atoms in total. The number of aliphatic hydroxyl groups is 2. The van der Waals surface area contributed by atoms with Gasteiger partial charge in [0.05, 0.1) is 38.2 Å². The number of hydrogen-bond acceptors (Lipinski definition) is 14. The van der Waals surface area contributed by atoms with Gasteiger partial charge in [0.25, 0.3) is 0 Å². The van der Waals surface area contributed by atoms with Crippen molar-refractivity contribution in [3.8, 4) is 5.88 Å². The number of aromatic nitrogens is 4. The van der Waals surface area contributed by atoms with Crippen LogP contribution in [0.3, 0.4) is 0 Å². The van der Waals surface area contributed by atoms with Crippen molar-refractivity contribution in [2.75, 3.05) is 37.9 Å². The van der Waals surface area contributed by atoms with Crippen molar-refractivity contribution in [1.29, 1.82) is 0 Å². The maximum Gasteiger partial charge on any atom is 0.475 e. The molecule has 0 spiro atoms. The summed E-state index contributed by atoms with van der Waals surface area (Å²) in [6.45, 7) is 6.30. The fourth-order valence-corrected chi connectivity index (χ4v) is 6.20. The number of aliphatic hydroxyl groups excluding tert-OH is 1. The number of anilines is 1. The molecule has 4 rings (SSSR count). The number of phosphoric ester groups is 1. The normalized spacial score (nSPS) is 30.4. The van der Waals surface area contributed by atoms with Crippen LogP contribution in [0.5, 0.6) is 5.88 Å². The smallest absolute Gasteiger partial charge is 0.475 e. The van der Waals surface area contributed by atoms with Gasteiger partial charge in [0.2, 0.25) is 11.8 Å². The van der Waals surface area contributed by atoms with Gasteiger partial charge in [-0.2, -0.15) is 9.97 Å². The van der Waals surface area contributed by atoms with Crippen LogP contribution in [0.15, 0.2) is 6.33 Å². The number of fused-ring (bicyclic) bond motifs is 2. The van der Waals surface area contributed by atoms with Gasteiger partial charge in [-0.15, -0.1) is 0 Å². The highest BCUT2D eigenvalue weighted by Crippen LogP contribution is 2.58. The van der Waals surface area contributed by atoms with E-state index in [0.717, 1.165) is 11.8 Å². The van der Waals surface area contributed by atoms with Gasteiger partial charge in [-0.25, -0.2) is 9.55 Å². The van der Waals surface area contributed by atoms with Crippen molar-refractivity contribution >= 4 is 41.8 Å². The molecule has 0 aliphatic carbocycles. The lowest BCUT2D eigenvalue weighted by molar-refractivity contribution is -0.119. The highest BCUT2D eigenvalue weighted by molar-refractivity contribution is 8.13. The molecule has 0 amide bonds. The second-order valence-corrected chi connectivity index (χ2v) is 11.9. The summed E-state index contributed by atoms with van der Waals surface area (Å²) in [4.78, 5) is 24.7. The number of imidazole rings is 1. The Morgan fingerprint density at radius 1 is 1.44 bits per heavy atom. The second-order valence-electron chi connectivity index (χ2n) is 9.18. The number of phosphoric acid groups is 1. The minimum atomic E-state index is -4.05. The van der Waals surface area contributed by atoms with E-state index >= 15 is 0 Å². The molecule has 0 bridgehead atoms. The average Bonchev–Trinajstić information content (AvgIpc) is 3.34. The van der Waals surface area contributed by atoms with E-state index in [2.05, 4.69) is 15.0 Å². The molecule has 2 aliphatic heterocycles. The van der Waals surface area contributed by atoms with Gasteiger partial charge in [-0.3, -0.25) is 22.9 Å². The first kappa shape index (κ1) is 27.2. The molecular weight excluding hydrogens is 517 g/mol. The molecule has 4 N–H and O–H groups in total. The van der Waals surface area contributed by atoms with Gasteiger partial charge in [-0.1, -0.05) is 11.8 Å². The summed E-state index contributed by atoms with van der Waals surface area (Å²) in [6.07, 6.45) is -1.45. The third-order valence-electron chi connectivity index (χ3n) is 5.81. The van der Waals surface area contributed by atoms with Gasteiger partial charge in [-0.05, 0) is 27.7 Å². The summed E-state index contributed by atoms with van der Waals surface area (Å²) in [6, 6.07) is 0. The molecular formula is C20H30N5O9PS. The van der Waals surface area contributed by atoms with Gasteiger partial charge in [0, 0.05) is 5.75 Å². The Bertz CT molecular complexity index is 1180. The van der Waals surface area contributed by atoms with Crippen LogP contribution >= 0.6 is 19.6 Å². The van der Waals surface area contributed by atoms with Crippen molar-refractivity contribution < 1.29 is 42.6 Å². The SMILES string of the molecule is CCOc1nc(N)nc2c1ncn2[C@@H]1O[C@@H]2CO[P@@](=O)(OCCSC(=O)C(C)(C)CO)O[C@H]2[C@@]1(C)O. The molecule has 2 fully saturated rings. The summed E-state index contributed by atoms with van der Waals surface area (Å²) < 4.78 is 42.4. The summed E-state index contributed by atoms with van der Waals surface area (Å²) in [5.74, 6) is 0.330. The largest absolute Gasteiger partial charge is 0.476 e. The lowest BCUT2D eigenvalue weighted by Crippen LogP contribution is -2.47. The molecule has 16 heteroatoms. The maximum atomic E-state index is 13.1. The monoisotopic (exact) mass is 547 g/mol. The van der Waals surface area contributed by atoms with Gasteiger partial charge < -0.3 is 25.4 Å². The number of thioether (sulfide) groups is 1. The topological polar surface area (TPSA) is 190 Å². The fraction of sp³-hybridized carbons (Fsp3) is 0.700. The predicted octanol–water partition coefficient (Wildman–Crippen LogP) is 1.27. The number of nitrogens with zero attached hydrogens (tertiary/aromatic N) is 4. The zero-order valence-electron chi connectivity index (χ0n) is 20.3. The average molecular weight is 548 g/mol. The van der Waals surface area contributed by atoms with Crippen LogP contribution in [-0.4, -0.2) is 84.8 Å². The molecule has 2 saturated heterocycles. The van der Waals surface area contributed by atoms with E-state index in [0.29, 0.717) is 12.1 Å². The molecule has 4 heterocycles. The van der Waals surface area contributed by atoms with Crippen molar-refractivity contribution in [2.24, 2.45) is 5.41 Å². The number of hydrogen-bond donors (Lipinski definition) is 3. The van der Waals surface area contributed by atoms with E-state index in [1.165, 1.54) is 17.8 Å². The predicted molar refractivity (Wildman–Crippen MR) is 128 cm³/mol. The Balaban J connectivity index is 1.46. The Morgan fingerprint density at radius 3 is 2.89 bits per heavy atom. The molecule has 2 aromatic heterocycles. The van der Waals surface area contributed by atoms with Crippen molar-refractivity contribution in [3.05, 3.63) is 6.33 Å². The Kier molecular flexibility index (Phi) is 7.66. The molecule has 0 radical (unpaired) electrons. The first-order valence-corrected chi connectivity index (χ1v) is 13.7. The van der Waals surface area contributed by atoms with Crippen LogP contribution in [0.2, 0.25) is 0 Å². The minimum Gasteiger partial charge on any atom is -0.476 e. The van der Waals surface area contributed by atoms with Crippen LogP contribution in [0.1, 0.15) is 33.9 Å². The summed E-state index contributed by atoms with van der Waals surface area (Å²) in [7, 11) is -4.05. The number of ether oxygens (including phenoxy) is 2. The molecule has 2 aromatic rings. The van der Waals surface area contributed by atoms with Crippen molar-refractivity contribution in [3.63, 3.8) is 0 Å². The molecule has 36 heavy (non-hydrogen) atoms. The third-order valence-corrected chi connectivity index (χ3v) is 8.45. The fourth-order valence-electron chi connectivity index (χ4n) is 3.80. The number of carbonyl (C=O) groups excluding carboxylic acids is 1. The lowest BCUT2D eigenvalue weighted by atomic mass is 9.96. The van der Waals surface area contributed by atoms with E-state index in [1.54, 1.807) is 20.8 Å². The van der Waals surface area contributed by atoms with Crippen molar-refractivity contribution in [1.82, 2.24) is 19.5 Å². The van der Waals surface area contributed by atoms with Gasteiger partial charge in [0.15, 0.2) is 22.5 Å². The minimum absolute atomic E-state index is 0.0426. The van der Waals surface area contributed by atoms with E-state index < -0.39 is 37.3 Å². The molecule has 0 unspecified atom stereocenters. The molecule has 200 valence electrons. The summed E-state index contributed by atoms with van der Waals surface area (Å²) in [5, 5.41) is 20.5. The summed E-state index contributed by atoms with van der Waals surface area (Å²) >= 11 is 0.947. The zero-order valence-corrected chi connectivity index (χ0v) is 22.0. The van der Waals surface area contributed by atoms with Crippen LogP contribution in [0.25, 0.3) is 11.2 Å². The van der Waals surface area contributed by atoms with E-state index in [9.17, 15) is 19.6 Å². The second kappa shape index (κ2) is 10.1. The number of nitrogens with two attached hydrogens (primary N) is 1. The quantitative estimate of drug-likeness (QED) is 0.300. The Hall–Kier alpha value is -1.84. The summed E-state index contributed by atoms with van der Waals surface area (Å²) in [5.41, 5.74) is 3.86. The number of carbonyl (C=O) groups is 1. The highest BCUT2D eigenvalue weighted by atomic mass is 32.2.